The van der Waals surface area contributed by atoms with Crippen LogP contribution in [0.15, 0.2) is 42.5 Å². The number of alkyl halides is 2. The Balaban J connectivity index is 1.81. The molecule has 1 heterocycles. The average Bonchev–Trinajstić information content (AvgIpc) is 2.61. The zero-order chi connectivity index (χ0) is 14.8. The Bertz CT molecular complexity index is 803. The summed E-state index contributed by atoms with van der Waals surface area (Å²) in [5, 5.41) is 2.16. The molecule has 2 fully saturated rings. The maximum Gasteiger partial charge on any atom is 0.338 e. The third-order valence-corrected chi connectivity index (χ3v) is 5.97. The first kappa shape index (κ1) is 13.1. The SMILES string of the molecule is O=C1OC(=O)[C@@]2(Cl)[C@H](c3ccc4ccccc4c3)C[C@@]12Cl. The number of fused-ring (bicyclic) bond motifs is 2. The summed E-state index contributed by atoms with van der Waals surface area (Å²) >= 11 is 12.6. The molecule has 3 atom stereocenters. The lowest BCUT2D eigenvalue weighted by molar-refractivity contribution is -0.152. The van der Waals surface area contributed by atoms with Gasteiger partial charge < -0.3 is 4.74 Å². The van der Waals surface area contributed by atoms with E-state index < -0.39 is 21.7 Å². The van der Waals surface area contributed by atoms with E-state index in [2.05, 4.69) is 4.74 Å². The van der Waals surface area contributed by atoms with E-state index in [4.69, 9.17) is 23.2 Å². The van der Waals surface area contributed by atoms with E-state index in [1.165, 1.54) is 0 Å². The van der Waals surface area contributed by atoms with Crippen LogP contribution in [0.5, 0.6) is 0 Å². The zero-order valence-electron chi connectivity index (χ0n) is 10.8. The molecular formula is C16H10Cl2O3. The molecule has 0 unspecified atom stereocenters. The van der Waals surface area contributed by atoms with Crippen molar-refractivity contribution in [3.05, 3.63) is 48.0 Å². The second kappa shape index (κ2) is 3.99. The third kappa shape index (κ3) is 1.46. The predicted molar refractivity (Wildman–Crippen MR) is 79.6 cm³/mol. The van der Waals surface area contributed by atoms with Crippen LogP contribution in [0, 0.1) is 0 Å². The molecule has 106 valence electrons. The normalized spacial score (nSPS) is 34.5. The summed E-state index contributed by atoms with van der Waals surface area (Å²) in [5.41, 5.74) is 0.895. The van der Waals surface area contributed by atoms with Gasteiger partial charge in [0.15, 0.2) is 9.75 Å². The van der Waals surface area contributed by atoms with Gasteiger partial charge >= 0.3 is 11.9 Å². The van der Waals surface area contributed by atoms with Crippen molar-refractivity contribution in [2.24, 2.45) is 0 Å². The summed E-state index contributed by atoms with van der Waals surface area (Å²) in [5.74, 6) is -1.80. The van der Waals surface area contributed by atoms with Crippen molar-refractivity contribution < 1.29 is 14.3 Å². The van der Waals surface area contributed by atoms with Crippen LogP contribution in [0.2, 0.25) is 0 Å². The second-order valence-corrected chi connectivity index (χ2v) is 6.79. The maximum atomic E-state index is 12.0. The van der Waals surface area contributed by atoms with Gasteiger partial charge in [-0.15, -0.1) is 23.2 Å². The number of cyclic esters (lactones) is 2. The highest BCUT2D eigenvalue weighted by Gasteiger charge is 2.79. The fourth-order valence-corrected chi connectivity index (χ4v) is 4.06. The summed E-state index contributed by atoms with van der Waals surface area (Å²) in [4.78, 5) is 20.7. The first-order valence-electron chi connectivity index (χ1n) is 6.60. The molecular weight excluding hydrogens is 311 g/mol. The summed E-state index contributed by atoms with van der Waals surface area (Å²) in [6.07, 6.45) is 0.307. The fourth-order valence-electron chi connectivity index (χ4n) is 3.26. The summed E-state index contributed by atoms with van der Waals surface area (Å²) in [6.45, 7) is 0. The van der Waals surface area contributed by atoms with E-state index in [9.17, 15) is 9.59 Å². The van der Waals surface area contributed by atoms with Crippen LogP contribution in [0.4, 0.5) is 0 Å². The minimum absolute atomic E-state index is 0.307. The predicted octanol–water partition coefficient (Wildman–Crippen LogP) is 3.37. The second-order valence-electron chi connectivity index (χ2n) is 5.55. The van der Waals surface area contributed by atoms with Crippen LogP contribution in [-0.4, -0.2) is 21.7 Å². The van der Waals surface area contributed by atoms with Crippen molar-refractivity contribution in [1.82, 2.24) is 0 Å². The molecule has 0 spiro atoms. The Hall–Kier alpha value is -1.58. The van der Waals surface area contributed by atoms with Crippen LogP contribution in [0.3, 0.4) is 0 Å². The van der Waals surface area contributed by atoms with Crippen LogP contribution in [0.25, 0.3) is 10.8 Å². The molecule has 1 aliphatic carbocycles. The minimum Gasteiger partial charge on any atom is -0.390 e. The number of halogens is 2. The number of carbonyl (C=O) groups excluding carboxylic acids is 2. The van der Waals surface area contributed by atoms with Gasteiger partial charge in [0.2, 0.25) is 0 Å². The molecule has 3 nitrogen and oxygen atoms in total. The van der Waals surface area contributed by atoms with Crippen molar-refractivity contribution in [2.75, 3.05) is 0 Å². The first-order valence-corrected chi connectivity index (χ1v) is 7.35. The molecule has 0 N–H and O–H groups in total. The molecule has 2 aliphatic rings. The van der Waals surface area contributed by atoms with Gasteiger partial charge in [0.1, 0.15) is 0 Å². The van der Waals surface area contributed by atoms with Gasteiger partial charge in [0, 0.05) is 5.92 Å². The Kier molecular flexibility index (Phi) is 2.49. The lowest BCUT2D eigenvalue weighted by Gasteiger charge is -2.48. The number of esters is 2. The monoisotopic (exact) mass is 320 g/mol. The number of carbonyl (C=O) groups is 2. The maximum absolute atomic E-state index is 12.0. The van der Waals surface area contributed by atoms with Crippen molar-refractivity contribution in [3.8, 4) is 0 Å². The molecule has 2 aromatic rings. The molecule has 2 aromatic carbocycles. The largest absolute Gasteiger partial charge is 0.390 e. The van der Waals surface area contributed by atoms with E-state index in [-0.39, 0.29) is 5.92 Å². The molecule has 1 aliphatic heterocycles. The van der Waals surface area contributed by atoms with Gasteiger partial charge in [-0.05, 0) is 22.8 Å². The highest BCUT2D eigenvalue weighted by atomic mass is 35.5. The standard InChI is InChI=1S/C16H10Cl2O3/c17-15-8-12(16(15,18)14(20)21-13(15)19)11-6-5-9-3-1-2-4-10(9)7-11/h1-7,12H,8H2/t12-,15+,16-/m0/s1. The van der Waals surface area contributed by atoms with Crippen molar-refractivity contribution in [2.45, 2.75) is 22.1 Å². The van der Waals surface area contributed by atoms with E-state index in [0.717, 1.165) is 16.3 Å². The Morgan fingerprint density at radius 2 is 1.71 bits per heavy atom. The molecule has 0 amide bonds. The molecule has 1 saturated heterocycles. The molecule has 21 heavy (non-hydrogen) atoms. The van der Waals surface area contributed by atoms with Gasteiger partial charge in [-0.2, -0.15) is 0 Å². The lowest BCUT2D eigenvalue weighted by atomic mass is 9.61. The highest BCUT2D eigenvalue weighted by molar-refractivity contribution is 6.53. The number of hydrogen-bond acceptors (Lipinski definition) is 3. The van der Waals surface area contributed by atoms with E-state index in [1.54, 1.807) is 0 Å². The number of ether oxygens (including phenoxy) is 1. The Morgan fingerprint density at radius 3 is 2.43 bits per heavy atom. The highest BCUT2D eigenvalue weighted by Crippen LogP contribution is 2.64. The fraction of sp³-hybridized carbons (Fsp3) is 0.250. The van der Waals surface area contributed by atoms with Gasteiger partial charge in [0.05, 0.1) is 0 Å². The Morgan fingerprint density at radius 1 is 1.00 bits per heavy atom. The summed E-state index contributed by atoms with van der Waals surface area (Å²) in [7, 11) is 0. The Labute approximate surface area is 130 Å². The minimum atomic E-state index is -1.49. The van der Waals surface area contributed by atoms with Gasteiger partial charge in [-0.1, -0.05) is 42.5 Å². The molecule has 4 rings (SSSR count). The van der Waals surface area contributed by atoms with E-state index in [1.807, 2.05) is 42.5 Å². The molecule has 0 radical (unpaired) electrons. The van der Waals surface area contributed by atoms with Crippen LogP contribution < -0.4 is 0 Å². The van der Waals surface area contributed by atoms with Crippen molar-refractivity contribution in [3.63, 3.8) is 0 Å². The summed E-state index contributed by atoms with van der Waals surface area (Å²) in [6, 6.07) is 13.8. The molecule has 0 bridgehead atoms. The first-order chi connectivity index (χ1) is 9.97. The quantitative estimate of drug-likeness (QED) is 0.459. The smallest absolute Gasteiger partial charge is 0.338 e. The number of benzene rings is 2. The third-order valence-electron chi connectivity index (χ3n) is 4.52. The van der Waals surface area contributed by atoms with Crippen LogP contribution >= 0.6 is 23.2 Å². The van der Waals surface area contributed by atoms with E-state index in [0.29, 0.717) is 6.42 Å². The zero-order valence-corrected chi connectivity index (χ0v) is 12.3. The lowest BCUT2D eigenvalue weighted by Crippen LogP contribution is -2.63. The number of rotatable bonds is 1. The van der Waals surface area contributed by atoms with Crippen LogP contribution in [-0.2, 0) is 14.3 Å². The number of hydrogen-bond donors (Lipinski definition) is 0. The molecule has 0 aromatic heterocycles. The topological polar surface area (TPSA) is 43.4 Å². The summed E-state index contributed by atoms with van der Waals surface area (Å²) < 4.78 is 4.65. The van der Waals surface area contributed by atoms with E-state index >= 15 is 0 Å². The molecule has 1 saturated carbocycles. The van der Waals surface area contributed by atoms with Crippen LogP contribution in [0.1, 0.15) is 17.9 Å². The van der Waals surface area contributed by atoms with Crippen molar-refractivity contribution >= 4 is 45.9 Å². The van der Waals surface area contributed by atoms with Gasteiger partial charge in [-0.25, -0.2) is 9.59 Å². The van der Waals surface area contributed by atoms with Crippen molar-refractivity contribution in [1.29, 1.82) is 0 Å². The average molecular weight is 321 g/mol. The van der Waals surface area contributed by atoms with Gasteiger partial charge in [-0.3, -0.25) is 0 Å². The van der Waals surface area contributed by atoms with Gasteiger partial charge in [0.25, 0.3) is 0 Å². The molecule has 5 heteroatoms.